The Balaban J connectivity index is 1.48. The van der Waals surface area contributed by atoms with Crippen molar-refractivity contribution < 1.29 is 9.53 Å². The molecule has 0 aliphatic carbocycles. The number of hydrogen-bond donors (Lipinski definition) is 1. The van der Waals surface area contributed by atoms with Crippen LogP contribution in [0.25, 0.3) is 5.65 Å². The molecule has 0 aromatic carbocycles. The first-order valence-electron chi connectivity index (χ1n) is 7.93. The number of rotatable bonds is 5. The summed E-state index contributed by atoms with van der Waals surface area (Å²) in [4.78, 5) is 20.8. The van der Waals surface area contributed by atoms with Gasteiger partial charge in [0.25, 0.3) is 0 Å². The van der Waals surface area contributed by atoms with Gasteiger partial charge in [-0.3, -0.25) is 4.90 Å². The molecule has 2 aromatic heterocycles. The highest BCUT2D eigenvalue weighted by Crippen LogP contribution is 2.10. The molecule has 1 fully saturated rings. The molecule has 124 valence electrons. The van der Waals surface area contributed by atoms with Crippen LogP contribution in [0.3, 0.4) is 0 Å². The molecule has 0 radical (unpaired) electrons. The Bertz CT molecular complexity index is 616. The first kappa shape index (κ1) is 15.8. The van der Waals surface area contributed by atoms with Gasteiger partial charge in [0.2, 0.25) is 0 Å². The van der Waals surface area contributed by atoms with Gasteiger partial charge in [0, 0.05) is 58.8 Å². The quantitative estimate of drug-likeness (QED) is 0.829. The molecule has 7 nitrogen and oxygen atoms in total. The molecule has 1 aliphatic rings. The molecule has 0 spiro atoms. The lowest BCUT2D eigenvalue weighted by atomic mass is 10.3. The maximum absolute atomic E-state index is 12.0. The van der Waals surface area contributed by atoms with Gasteiger partial charge in [-0.2, -0.15) is 0 Å². The third-order valence-electron chi connectivity index (χ3n) is 4.04. The number of carbonyl (C=O) groups excluding carboxylic acids is 1. The Morgan fingerprint density at radius 1 is 1.30 bits per heavy atom. The molecule has 0 unspecified atom stereocenters. The van der Waals surface area contributed by atoms with Crippen molar-refractivity contribution in [2.45, 2.75) is 6.54 Å². The Morgan fingerprint density at radius 3 is 2.87 bits per heavy atom. The predicted octanol–water partition coefficient (Wildman–Crippen LogP) is 0.808. The minimum Gasteiger partial charge on any atom is -0.383 e. The summed E-state index contributed by atoms with van der Waals surface area (Å²) in [5.41, 5.74) is 2.04. The van der Waals surface area contributed by atoms with E-state index in [4.69, 9.17) is 4.74 Å². The van der Waals surface area contributed by atoms with E-state index >= 15 is 0 Å². The van der Waals surface area contributed by atoms with Gasteiger partial charge in [0.05, 0.1) is 12.3 Å². The van der Waals surface area contributed by atoms with E-state index in [0.29, 0.717) is 13.2 Å². The lowest BCUT2D eigenvalue weighted by Gasteiger charge is -2.34. The van der Waals surface area contributed by atoms with Gasteiger partial charge in [-0.05, 0) is 12.1 Å². The Morgan fingerprint density at radius 2 is 2.13 bits per heavy atom. The average molecular weight is 317 g/mol. The van der Waals surface area contributed by atoms with Crippen molar-refractivity contribution in [3.63, 3.8) is 0 Å². The topological polar surface area (TPSA) is 62.1 Å². The van der Waals surface area contributed by atoms with Gasteiger partial charge in [-0.1, -0.05) is 6.07 Å². The number of aromatic nitrogens is 2. The SMILES string of the molecule is COCCNC(=O)N1CCN(Cc2cn3ccccc3n2)CC1. The Hall–Kier alpha value is -2.12. The zero-order valence-electron chi connectivity index (χ0n) is 13.4. The van der Waals surface area contributed by atoms with Crippen LogP contribution in [-0.4, -0.2) is 71.7 Å². The highest BCUT2D eigenvalue weighted by atomic mass is 16.5. The summed E-state index contributed by atoms with van der Waals surface area (Å²) >= 11 is 0. The van der Waals surface area contributed by atoms with E-state index in [2.05, 4.69) is 21.4 Å². The highest BCUT2D eigenvalue weighted by Gasteiger charge is 2.21. The third-order valence-corrected chi connectivity index (χ3v) is 4.04. The minimum atomic E-state index is -0.00516. The molecule has 1 saturated heterocycles. The number of methoxy groups -OCH3 is 1. The fraction of sp³-hybridized carbons (Fsp3) is 0.500. The summed E-state index contributed by atoms with van der Waals surface area (Å²) in [6, 6.07) is 5.99. The van der Waals surface area contributed by atoms with Crippen LogP contribution in [0.2, 0.25) is 0 Å². The van der Waals surface area contributed by atoms with Crippen molar-refractivity contribution >= 4 is 11.7 Å². The monoisotopic (exact) mass is 317 g/mol. The van der Waals surface area contributed by atoms with Crippen molar-refractivity contribution in [2.24, 2.45) is 0 Å². The fourth-order valence-electron chi connectivity index (χ4n) is 2.77. The molecule has 1 N–H and O–H groups in total. The average Bonchev–Trinajstić information content (AvgIpc) is 2.98. The number of pyridine rings is 1. The van der Waals surface area contributed by atoms with E-state index < -0.39 is 0 Å². The summed E-state index contributed by atoms with van der Waals surface area (Å²) in [5, 5.41) is 2.86. The van der Waals surface area contributed by atoms with E-state index in [-0.39, 0.29) is 6.03 Å². The zero-order valence-corrected chi connectivity index (χ0v) is 13.4. The number of piperazine rings is 1. The minimum absolute atomic E-state index is 0.00516. The van der Waals surface area contributed by atoms with Crippen molar-refractivity contribution in [3.05, 3.63) is 36.3 Å². The number of imidazole rings is 1. The lowest BCUT2D eigenvalue weighted by Crippen LogP contribution is -2.51. The van der Waals surface area contributed by atoms with Crippen LogP contribution in [0, 0.1) is 0 Å². The number of amides is 2. The van der Waals surface area contributed by atoms with Crippen LogP contribution < -0.4 is 5.32 Å². The molecule has 0 atom stereocenters. The molecule has 23 heavy (non-hydrogen) atoms. The number of carbonyl (C=O) groups is 1. The van der Waals surface area contributed by atoms with Gasteiger partial charge in [-0.15, -0.1) is 0 Å². The second-order valence-electron chi connectivity index (χ2n) is 5.69. The van der Waals surface area contributed by atoms with Crippen molar-refractivity contribution in [1.82, 2.24) is 24.5 Å². The number of hydrogen-bond acceptors (Lipinski definition) is 4. The van der Waals surface area contributed by atoms with Gasteiger partial charge in [0.1, 0.15) is 5.65 Å². The molecule has 3 rings (SSSR count). The van der Waals surface area contributed by atoms with Crippen LogP contribution in [0.15, 0.2) is 30.6 Å². The summed E-state index contributed by atoms with van der Waals surface area (Å²) in [5.74, 6) is 0. The molecule has 2 amide bonds. The van der Waals surface area contributed by atoms with Gasteiger partial charge >= 0.3 is 6.03 Å². The molecular weight excluding hydrogens is 294 g/mol. The summed E-state index contributed by atoms with van der Waals surface area (Å²) < 4.78 is 6.97. The molecule has 0 saturated carbocycles. The van der Waals surface area contributed by atoms with E-state index in [1.54, 1.807) is 7.11 Å². The van der Waals surface area contributed by atoms with Gasteiger partial charge in [-0.25, -0.2) is 9.78 Å². The second-order valence-corrected chi connectivity index (χ2v) is 5.69. The fourth-order valence-corrected chi connectivity index (χ4v) is 2.77. The van der Waals surface area contributed by atoms with Gasteiger partial charge < -0.3 is 19.4 Å². The zero-order chi connectivity index (χ0) is 16.1. The van der Waals surface area contributed by atoms with E-state index in [9.17, 15) is 4.79 Å². The molecule has 7 heteroatoms. The van der Waals surface area contributed by atoms with Gasteiger partial charge in [0.15, 0.2) is 0 Å². The number of ether oxygens (including phenoxy) is 1. The van der Waals surface area contributed by atoms with Crippen LogP contribution in [0.4, 0.5) is 4.79 Å². The maximum Gasteiger partial charge on any atom is 0.317 e. The van der Waals surface area contributed by atoms with E-state index in [1.165, 1.54) is 0 Å². The van der Waals surface area contributed by atoms with Crippen LogP contribution in [0.5, 0.6) is 0 Å². The van der Waals surface area contributed by atoms with Crippen LogP contribution >= 0.6 is 0 Å². The Labute approximate surface area is 135 Å². The summed E-state index contributed by atoms with van der Waals surface area (Å²) in [6.07, 6.45) is 4.08. The largest absolute Gasteiger partial charge is 0.383 e. The van der Waals surface area contributed by atoms with Crippen LogP contribution in [0.1, 0.15) is 5.69 Å². The van der Waals surface area contributed by atoms with Crippen molar-refractivity contribution in [3.8, 4) is 0 Å². The predicted molar refractivity (Wildman–Crippen MR) is 87.3 cm³/mol. The lowest BCUT2D eigenvalue weighted by molar-refractivity contribution is 0.131. The highest BCUT2D eigenvalue weighted by molar-refractivity contribution is 5.74. The normalized spacial score (nSPS) is 16.0. The first-order valence-corrected chi connectivity index (χ1v) is 7.93. The van der Waals surface area contributed by atoms with Crippen LogP contribution in [-0.2, 0) is 11.3 Å². The molecule has 1 aliphatic heterocycles. The first-order chi connectivity index (χ1) is 11.3. The summed E-state index contributed by atoms with van der Waals surface area (Å²) in [7, 11) is 1.63. The number of fused-ring (bicyclic) bond motifs is 1. The number of urea groups is 1. The molecule has 3 heterocycles. The van der Waals surface area contributed by atoms with Crippen molar-refractivity contribution in [2.75, 3.05) is 46.4 Å². The number of nitrogens with one attached hydrogen (secondary N) is 1. The third kappa shape index (κ3) is 4.00. The Kier molecular flexibility index (Phi) is 5.09. The van der Waals surface area contributed by atoms with E-state index in [1.807, 2.05) is 33.7 Å². The maximum atomic E-state index is 12.0. The molecular formula is C16H23N5O2. The smallest absolute Gasteiger partial charge is 0.317 e. The molecule has 0 bridgehead atoms. The standard InChI is InChI=1S/C16H23N5O2/c1-23-11-5-17-16(22)20-9-7-19(8-10-20)12-14-13-21-6-3-2-4-15(21)18-14/h2-4,6,13H,5,7-12H2,1H3,(H,17,22). The van der Waals surface area contributed by atoms with E-state index in [0.717, 1.165) is 44.1 Å². The summed E-state index contributed by atoms with van der Waals surface area (Å²) in [6.45, 7) is 5.13. The molecule has 2 aromatic rings. The van der Waals surface area contributed by atoms with Crippen molar-refractivity contribution in [1.29, 1.82) is 0 Å². The number of nitrogens with zero attached hydrogens (tertiary/aromatic N) is 4. The second kappa shape index (κ2) is 7.43.